The number of likely N-dealkylation sites (N-methyl/N-ethyl adjacent to an activating group) is 1. The van der Waals surface area contributed by atoms with Crippen LogP contribution in [0.3, 0.4) is 0 Å². The number of hydrogen-bond donors (Lipinski definition) is 2. The van der Waals surface area contributed by atoms with Crippen LogP contribution in [0.15, 0.2) is 0 Å². The van der Waals surface area contributed by atoms with Crippen LogP contribution < -0.4 is 5.32 Å². The van der Waals surface area contributed by atoms with Crippen LogP contribution in [0.5, 0.6) is 0 Å². The number of carbonyl (C=O) groups excluding carboxylic acids is 1. The lowest BCUT2D eigenvalue weighted by Gasteiger charge is -2.54. The number of nitrogens with zero attached hydrogens (tertiary/aromatic N) is 1. The van der Waals surface area contributed by atoms with E-state index in [1.54, 1.807) is 11.9 Å². The van der Waals surface area contributed by atoms with E-state index in [9.17, 15) is 4.79 Å². The molecule has 0 aromatic rings. The molecule has 0 radical (unpaired) electrons. The second-order valence-electron chi connectivity index (χ2n) is 6.26. The maximum Gasteiger partial charge on any atom is 0.317 e. The molecule has 116 valence electrons. The molecule has 0 aromatic carbocycles. The summed E-state index contributed by atoms with van der Waals surface area (Å²) in [6.45, 7) is 4.61. The van der Waals surface area contributed by atoms with Gasteiger partial charge < -0.3 is 20.1 Å². The van der Waals surface area contributed by atoms with Gasteiger partial charge in [0.1, 0.15) is 0 Å². The van der Waals surface area contributed by atoms with E-state index in [4.69, 9.17) is 9.84 Å². The van der Waals surface area contributed by atoms with Crippen LogP contribution in [0.2, 0.25) is 0 Å². The molecule has 5 nitrogen and oxygen atoms in total. The van der Waals surface area contributed by atoms with E-state index < -0.39 is 0 Å². The van der Waals surface area contributed by atoms with Gasteiger partial charge in [-0.25, -0.2) is 4.79 Å². The molecule has 0 heterocycles. The van der Waals surface area contributed by atoms with Gasteiger partial charge in [-0.2, -0.15) is 0 Å². The van der Waals surface area contributed by atoms with Crippen LogP contribution in [0.25, 0.3) is 0 Å². The van der Waals surface area contributed by atoms with Crippen LogP contribution in [-0.4, -0.2) is 54.5 Å². The molecule has 2 fully saturated rings. The summed E-state index contributed by atoms with van der Waals surface area (Å²) < 4.78 is 5.85. The molecule has 3 unspecified atom stereocenters. The van der Waals surface area contributed by atoms with Crippen molar-refractivity contribution in [3.05, 3.63) is 0 Å². The fraction of sp³-hybridized carbons (Fsp3) is 0.933. The molecule has 20 heavy (non-hydrogen) atoms. The number of carbonyl (C=O) groups is 1. The molecule has 5 heteroatoms. The third kappa shape index (κ3) is 2.66. The van der Waals surface area contributed by atoms with Crippen molar-refractivity contribution in [1.29, 1.82) is 0 Å². The maximum atomic E-state index is 12.2. The fourth-order valence-corrected chi connectivity index (χ4v) is 3.66. The average Bonchev–Trinajstić information content (AvgIpc) is 2.96. The standard InChI is InChI=1S/C15H28N2O3/c1-4-20-13-9-12(15(13)7-5-6-8-15)16-14(19)17(3)11(2)10-18/h11-13,18H,4-10H2,1-3H3,(H,16,19). The van der Waals surface area contributed by atoms with Crippen molar-refractivity contribution < 1.29 is 14.6 Å². The summed E-state index contributed by atoms with van der Waals surface area (Å²) in [6, 6.07) is -0.0162. The quantitative estimate of drug-likeness (QED) is 0.808. The van der Waals surface area contributed by atoms with E-state index in [2.05, 4.69) is 5.32 Å². The third-order valence-electron chi connectivity index (χ3n) is 5.23. The van der Waals surface area contributed by atoms with E-state index in [1.807, 2.05) is 13.8 Å². The molecule has 0 saturated heterocycles. The zero-order chi connectivity index (χ0) is 14.8. The Labute approximate surface area is 121 Å². The van der Waals surface area contributed by atoms with Crippen LogP contribution >= 0.6 is 0 Å². The Hall–Kier alpha value is -0.810. The number of hydrogen-bond acceptors (Lipinski definition) is 3. The van der Waals surface area contributed by atoms with Crippen molar-refractivity contribution in [2.45, 2.75) is 64.1 Å². The summed E-state index contributed by atoms with van der Waals surface area (Å²) in [7, 11) is 1.73. The largest absolute Gasteiger partial charge is 0.394 e. The van der Waals surface area contributed by atoms with Crippen molar-refractivity contribution in [1.82, 2.24) is 10.2 Å². The highest BCUT2D eigenvalue weighted by Gasteiger charge is 2.57. The molecule has 2 N–H and O–H groups in total. The summed E-state index contributed by atoms with van der Waals surface area (Å²) in [5.41, 5.74) is 0.162. The van der Waals surface area contributed by atoms with Gasteiger partial charge >= 0.3 is 6.03 Å². The molecule has 0 bridgehead atoms. The number of aliphatic hydroxyl groups excluding tert-OH is 1. The highest BCUT2D eigenvalue weighted by Crippen LogP contribution is 2.54. The smallest absolute Gasteiger partial charge is 0.317 e. The first-order valence-corrected chi connectivity index (χ1v) is 7.81. The Kier molecular flexibility index (Phi) is 4.91. The van der Waals surface area contributed by atoms with Crippen molar-refractivity contribution in [2.75, 3.05) is 20.3 Å². The molecule has 1 spiro atoms. The van der Waals surface area contributed by atoms with Gasteiger partial charge in [0.2, 0.25) is 0 Å². The highest BCUT2D eigenvalue weighted by atomic mass is 16.5. The molecule has 2 aliphatic carbocycles. The lowest BCUT2D eigenvalue weighted by Crippen LogP contribution is -2.65. The minimum Gasteiger partial charge on any atom is -0.394 e. The summed E-state index contributed by atoms with van der Waals surface area (Å²) >= 11 is 0. The van der Waals surface area contributed by atoms with Gasteiger partial charge in [-0.05, 0) is 33.1 Å². The van der Waals surface area contributed by atoms with Crippen molar-refractivity contribution in [3.63, 3.8) is 0 Å². The predicted molar refractivity (Wildman–Crippen MR) is 77.6 cm³/mol. The Morgan fingerprint density at radius 2 is 2.15 bits per heavy atom. The van der Waals surface area contributed by atoms with Crippen LogP contribution in [0.1, 0.15) is 46.0 Å². The number of ether oxygens (including phenoxy) is 1. The van der Waals surface area contributed by atoms with Gasteiger partial charge in [0, 0.05) is 25.1 Å². The second kappa shape index (κ2) is 6.31. The average molecular weight is 284 g/mol. The molecule has 3 atom stereocenters. The summed E-state index contributed by atoms with van der Waals surface area (Å²) in [5.74, 6) is 0. The molecule has 0 aromatic heterocycles. The number of aliphatic hydroxyl groups is 1. The fourth-order valence-electron chi connectivity index (χ4n) is 3.66. The molecular weight excluding hydrogens is 256 g/mol. The molecule has 2 rings (SSSR count). The molecular formula is C15H28N2O3. The number of nitrogens with one attached hydrogen (secondary N) is 1. The van der Waals surface area contributed by atoms with Crippen molar-refractivity contribution in [3.8, 4) is 0 Å². The van der Waals surface area contributed by atoms with Crippen LogP contribution in [-0.2, 0) is 4.74 Å². The van der Waals surface area contributed by atoms with Gasteiger partial charge in [-0.15, -0.1) is 0 Å². The molecule has 2 amide bonds. The summed E-state index contributed by atoms with van der Waals surface area (Å²) in [6.07, 6.45) is 6.00. The third-order valence-corrected chi connectivity index (χ3v) is 5.23. The zero-order valence-electron chi connectivity index (χ0n) is 12.9. The first kappa shape index (κ1) is 15.6. The SMILES string of the molecule is CCOC1CC(NC(=O)N(C)C(C)CO)C12CCCC2. The lowest BCUT2D eigenvalue weighted by molar-refractivity contribution is -0.127. The maximum absolute atomic E-state index is 12.2. The zero-order valence-corrected chi connectivity index (χ0v) is 12.9. The number of urea groups is 1. The molecule has 2 aliphatic rings. The summed E-state index contributed by atoms with van der Waals surface area (Å²) in [5, 5.41) is 12.3. The van der Waals surface area contributed by atoms with Crippen molar-refractivity contribution in [2.24, 2.45) is 5.41 Å². The molecule has 2 saturated carbocycles. The normalized spacial score (nSPS) is 29.0. The van der Waals surface area contributed by atoms with Gasteiger partial charge in [-0.3, -0.25) is 0 Å². The lowest BCUT2D eigenvalue weighted by atomic mass is 9.60. The van der Waals surface area contributed by atoms with E-state index in [1.165, 1.54) is 12.8 Å². The Morgan fingerprint density at radius 1 is 1.50 bits per heavy atom. The van der Waals surface area contributed by atoms with E-state index in [-0.39, 0.29) is 30.1 Å². The first-order valence-electron chi connectivity index (χ1n) is 7.81. The van der Waals surface area contributed by atoms with E-state index >= 15 is 0 Å². The van der Waals surface area contributed by atoms with Gasteiger partial charge in [-0.1, -0.05) is 12.8 Å². The Balaban J connectivity index is 1.95. The highest BCUT2D eigenvalue weighted by molar-refractivity contribution is 5.74. The Morgan fingerprint density at radius 3 is 2.70 bits per heavy atom. The van der Waals surface area contributed by atoms with E-state index in [0.29, 0.717) is 6.10 Å². The predicted octanol–water partition coefficient (Wildman–Crippen LogP) is 1.75. The van der Waals surface area contributed by atoms with Crippen LogP contribution in [0.4, 0.5) is 4.79 Å². The topological polar surface area (TPSA) is 61.8 Å². The monoisotopic (exact) mass is 284 g/mol. The Bertz CT molecular complexity index is 342. The van der Waals surface area contributed by atoms with Crippen LogP contribution in [0, 0.1) is 5.41 Å². The molecule has 0 aliphatic heterocycles. The minimum absolute atomic E-state index is 0.0126. The van der Waals surface area contributed by atoms with E-state index in [0.717, 1.165) is 25.9 Å². The second-order valence-corrected chi connectivity index (χ2v) is 6.26. The number of amides is 2. The summed E-state index contributed by atoms with van der Waals surface area (Å²) in [4.78, 5) is 13.8. The minimum atomic E-state index is -0.155. The first-order chi connectivity index (χ1) is 9.55. The van der Waals surface area contributed by atoms with Gasteiger partial charge in [0.15, 0.2) is 0 Å². The van der Waals surface area contributed by atoms with Gasteiger partial charge in [0.25, 0.3) is 0 Å². The van der Waals surface area contributed by atoms with Crippen molar-refractivity contribution >= 4 is 6.03 Å². The number of rotatable bonds is 5. The van der Waals surface area contributed by atoms with Gasteiger partial charge in [0.05, 0.1) is 18.8 Å².